The molecule has 0 saturated heterocycles. The lowest BCUT2D eigenvalue weighted by Crippen LogP contribution is -2.12. The molecule has 0 radical (unpaired) electrons. The molecule has 0 aliphatic carbocycles. The molecule has 1 atom stereocenters. The number of aromatic nitrogens is 1. The third-order valence-corrected chi connectivity index (χ3v) is 2.65. The molecule has 3 nitrogen and oxygen atoms in total. The van der Waals surface area contributed by atoms with Crippen LogP contribution >= 0.6 is 0 Å². The monoisotopic (exact) mass is 232 g/mol. The number of hydrogen-bond acceptors (Lipinski definition) is 3. The summed E-state index contributed by atoms with van der Waals surface area (Å²) >= 11 is 0. The van der Waals surface area contributed by atoms with E-state index in [9.17, 15) is 0 Å². The molecule has 1 unspecified atom stereocenters. The van der Waals surface area contributed by atoms with E-state index in [0.29, 0.717) is 11.4 Å². The van der Waals surface area contributed by atoms with E-state index in [4.69, 9.17) is 10.00 Å². The first-order valence-corrected chi connectivity index (χ1v) is 6.29. The van der Waals surface area contributed by atoms with Gasteiger partial charge < -0.3 is 4.74 Å². The lowest BCUT2D eigenvalue weighted by atomic mass is 10.1. The summed E-state index contributed by atoms with van der Waals surface area (Å²) in [7, 11) is 0. The van der Waals surface area contributed by atoms with Crippen LogP contribution in [0.2, 0.25) is 0 Å². The maximum absolute atomic E-state index is 8.76. The average Bonchev–Trinajstić information content (AvgIpc) is 2.35. The molecular formula is C14H20N2O. The van der Waals surface area contributed by atoms with Crippen molar-refractivity contribution in [3.63, 3.8) is 0 Å². The Labute approximate surface area is 103 Å². The van der Waals surface area contributed by atoms with Crippen molar-refractivity contribution in [3.8, 4) is 11.9 Å². The minimum atomic E-state index is 0.160. The van der Waals surface area contributed by atoms with Crippen molar-refractivity contribution in [2.45, 2.75) is 52.1 Å². The van der Waals surface area contributed by atoms with Gasteiger partial charge in [-0.1, -0.05) is 26.2 Å². The van der Waals surface area contributed by atoms with Crippen molar-refractivity contribution in [1.82, 2.24) is 4.98 Å². The van der Waals surface area contributed by atoms with Crippen molar-refractivity contribution < 1.29 is 4.74 Å². The highest BCUT2D eigenvalue weighted by Crippen LogP contribution is 2.13. The molecule has 1 rings (SSSR count). The van der Waals surface area contributed by atoms with Gasteiger partial charge in [0, 0.05) is 12.3 Å². The molecule has 0 aromatic carbocycles. The van der Waals surface area contributed by atoms with Crippen LogP contribution in [0, 0.1) is 11.3 Å². The van der Waals surface area contributed by atoms with E-state index in [0.717, 1.165) is 6.42 Å². The van der Waals surface area contributed by atoms with E-state index in [1.165, 1.54) is 25.7 Å². The van der Waals surface area contributed by atoms with Crippen LogP contribution in [0.1, 0.15) is 51.5 Å². The van der Waals surface area contributed by atoms with Gasteiger partial charge in [0.1, 0.15) is 0 Å². The van der Waals surface area contributed by atoms with Gasteiger partial charge in [0.2, 0.25) is 5.88 Å². The first kappa shape index (κ1) is 13.5. The fourth-order valence-corrected chi connectivity index (χ4v) is 1.67. The maximum atomic E-state index is 8.76. The van der Waals surface area contributed by atoms with Crippen molar-refractivity contribution >= 4 is 0 Å². The lowest BCUT2D eigenvalue weighted by molar-refractivity contribution is 0.198. The van der Waals surface area contributed by atoms with Gasteiger partial charge in [-0.05, 0) is 25.8 Å². The zero-order valence-corrected chi connectivity index (χ0v) is 10.6. The molecule has 92 valence electrons. The Morgan fingerprint density at radius 1 is 1.41 bits per heavy atom. The third kappa shape index (κ3) is 5.35. The molecule has 0 N–H and O–H groups in total. The summed E-state index contributed by atoms with van der Waals surface area (Å²) in [5, 5.41) is 8.76. The molecule has 0 aliphatic heterocycles. The standard InChI is InChI=1S/C14H20N2O/c1-3-4-5-6-7-12(2)17-14-10-13(11-15)8-9-16-14/h8-10,12H,3-7H2,1-2H3. The number of unbranched alkanes of at least 4 members (excludes halogenated alkanes) is 3. The summed E-state index contributed by atoms with van der Waals surface area (Å²) in [4.78, 5) is 4.10. The molecule has 0 fully saturated rings. The molecule has 1 aromatic heterocycles. The van der Waals surface area contributed by atoms with Crippen LogP contribution in [0.15, 0.2) is 18.3 Å². The van der Waals surface area contributed by atoms with Crippen LogP contribution in [-0.2, 0) is 0 Å². The predicted octanol–water partition coefficient (Wildman–Crippen LogP) is 3.69. The molecule has 3 heteroatoms. The van der Waals surface area contributed by atoms with Gasteiger partial charge in [0.15, 0.2) is 0 Å². The van der Waals surface area contributed by atoms with Crippen LogP contribution < -0.4 is 4.74 Å². The minimum absolute atomic E-state index is 0.160. The fourth-order valence-electron chi connectivity index (χ4n) is 1.67. The van der Waals surface area contributed by atoms with E-state index < -0.39 is 0 Å². The van der Waals surface area contributed by atoms with Crippen molar-refractivity contribution in [1.29, 1.82) is 5.26 Å². The summed E-state index contributed by atoms with van der Waals surface area (Å²) in [6.45, 7) is 4.25. The number of rotatable bonds is 7. The van der Waals surface area contributed by atoms with Crippen LogP contribution in [0.3, 0.4) is 0 Å². The Balaban J connectivity index is 2.34. The highest BCUT2D eigenvalue weighted by atomic mass is 16.5. The number of nitriles is 1. The average molecular weight is 232 g/mol. The van der Waals surface area contributed by atoms with Gasteiger partial charge in [-0.15, -0.1) is 0 Å². The SMILES string of the molecule is CCCCCCC(C)Oc1cc(C#N)ccn1. The zero-order valence-electron chi connectivity index (χ0n) is 10.6. The van der Waals surface area contributed by atoms with Gasteiger partial charge in [0.25, 0.3) is 0 Å². The smallest absolute Gasteiger partial charge is 0.214 e. The molecule has 1 heterocycles. The molecule has 0 saturated carbocycles. The van der Waals surface area contributed by atoms with Crippen LogP contribution in [0.4, 0.5) is 0 Å². The summed E-state index contributed by atoms with van der Waals surface area (Å²) in [5.74, 6) is 0.548. The highest BCUT2D eigenvalue weighted by molar-refractivity contribution is 5.31. The zero-order chi connectivity index (χ0) is 12.5. The number of nitrogens with zero attached hydrogens (tertiary/aromatic N) is 2. The third-order valence-electron chi connectivity index (χ3n) is 2.65. The Morgan fingerprint density at radius 3 is 2.94 bits per heavy atom. The second-order valence-electron chi connectivity index (χ2n) is 4.27. The Morgan fingerprint density at radius 2 is 2.24 bits per heavy atom. The van der Waals surface area contributed by atoms with Gasteiger partial charge >= 0.3 is 0 Å². The molecule has 0 spiro atoms. The Bertz CT molecular complexity index is 371. The topological polar surface area (TPSA) is 45.9 Å². The van der Waals surface area contributed by atoms with Crippen LogP contribution in [-0.4, -0.2) is 11.1 Å². The second-order valence-corrected chi connectivity index (χ2v) is 4.27. The first-order chi connectivity index (χ1) is 8.26. The first-order valence-electron chi connectivity index (χ1n) is 6.29. The molecule has 0 bridgehead atoms. The van der Waals surface area contributed by atoms with Crippen LogP contribution in [0.25, 0.3) is 0 Å². The predicted molar refractivity (Wildman–Crippen MR) is 67.8 cm³/mol. The van der Waals surface area contributed by atoms with E-state index in [-0.39, 0.29) is 6.10 Å². The van der Waals surface area contributed by atoms with Gasteiger partial charge in [-0.3, -0.25) is 0 Å². The highest BCUT2D eigenvalue weighted by Gasteiger charge is 2.05. The number of pyridine rings is 1. The number of hydrogen-bond donors (Lipinski definition) is 0. The minimum Gasteiger partial charge on any atom is -0.475 e. The largest absolute Gasteiger partial charge is 0.475 e. The fraction of sp³-hybridized carbons (Fsp3) is 0.571. The second kappa shape index (κ2) is 7.67. The Kier molecular flexibility index (Phi) is 6.09. The van der Waals surface area contributed by atoms with Crippen molar-refractivity contribution in [2.75, 3.05) is 0 Å². The maximum Gasteiger partial charge on any atom is 0.214 e. The van der Waals surface area contributed by atoms with Gasteiger partial charge in [-0.2, -0.15) is 5.26 Å². The van der Waals surface area contributed by atoms with Gasteiger partial charge in [0.05, 0.1) is 17.7 Å². The van der Waals surface area contributed by atoms with Gasteiger partial charge in [-0.25, -0.2) is 4.98 Å². The Hall–Kier alpha value is -1.56. The summed E-state index contributed by atoms with van der Waals surface area (Å²) in [5.41, 5.74) is 0.591. The van der Waals surface area contributed by atoms with Crippen LogP contribution in [0.5, 0.6) is 5.88 Å². The molecule has 0 aliphatic rings. The number of ether oxygens (including phenoxy) is 1. The van der Waals surface area contributed by atoms with E-state index >= 15 is 0 Å². The summed E-state index contributed by atoms with van der Waals surface area (Å²) in [6, 6.07) is 5.44. The van der Waals surface area contributed by atoms with E-state index in [1.54, 1.807) is 18.3 Å². The van der Waals surface area contributed by atoms with E-state index in [2.05, 4.69) is 18.0 Å². The summed E-state index contributed by atoms with van der Waals surface area (Å²) in [6.07, 6.45) is 7.79. The lowest BCUT2D eigenvalue weighted by Gasteiger charge is -2.13. The van der Waals surface area contributed by atoms with E-state index in [1.807, 2.05) is 6.92 Å². The summed E-state index contributed by atoms with van der Waals surface area (Å²) < 4.78 is 5.67. The normalized spacial score (nSPS) is 11.8. The molecular weight excluding hydrogens is 212 g/mol. The molecule has 17 heavy (non-hydrogen) atoms. The quantitative estimate of drug-likeness (QED) is 0.673. The molecule has 0 amide bonds. The van der Waals surface area contributed by atoms with Crippen molar-refractivity contribution in [3.05, 3.63) is 23.9 Å². The molecule has 1 aromatic rings. The van der Waals surface area contributed by atoms with Crippen molar-refractivity contribution in [2.24, 2.45) is 0 Å².